The van der Waals surface area contributed by atoms with E-state index in [1.54, 1.807) is 0 Å². The fourth-order valence-corrected chi connectivity index (χ4v) is 2.10. The normalized spacial score (nSPS) is 13.8. The molecule has 0 aromatic carbocycles. The van der Waals surface area contributed by atoms with Crippen LogP contribution in [-0.4, -0.2) is 12.6 Å². The summed E-state index contributed by atoms with van der Waals surface area (Å²) < 4.78 is 5.17. The van der Waals surface area contributed by atoms with Crippen LogP contribution in [0.3, 0.4) is 0 Å². The third-order valence-electron chi connectivity index (χ3n) is 3.50. The van der Waals surface area contributed by atoms with Crippen LogP contribution in [0.1, 0.15) is 53.9 Å². The minimum atomic E-state index is -0.259. The smallest absolute Gasteiger partial charge is 0.312 e. The molecule has 0 aromatic heterocycles. The first kappa shape index (κ1) is 13.5. The molecule has 0 heterocycles. The first-order valence-corrected chi connectivity index (χ1v) is 5.76. The number of esters is 1. The molecule has 2 nitrogen and oxygen atoms in total. The van der Waals surface area contributed by atoms with Crippen LogP contribution < -0.4 is 0 Å². The maximum atomic E-state index is 11.9. The molecule has 14 heavy (non-hydrogen) atoms. The monoisotopic (exact) mass is 200 g/mol. The lowest BCUT2D eigenvalue weighted by atomic mass is 9.71. The highest BCUT2D eigenvalue weighted by Gasteiger charge is 2.40. The third kappa shape index (κ3) is 2.49. The van der Waals surface area contributed by atoms with E-state index in [1.807, 2.05) is 6.92 Å². The summed E-state index contributed by atoms with van der Waals surface area (Å²) in [5.41, 5.74) is -0.259. The van der Waals surface area contributed by atoms with Crippen LogP contribution in [0, 0.1) is 11.3 Å². The Bertz CT molecular complexity index is 171. The predicted molar refractivity (Wildman–Crippen MR) is 59.1 cm³/mol. The van der Waals surface area contributed by atoms with Crippen molar-refractivity contribution >= 4 is 5.97 Å². The minimum Gasteiger partial charge on any atom is -0.466 e. The summed E-state index contributed by atoms with van der Waals surface area (Å²) in [5.74, 6) is 0.385. The number of hydrogen-bond acceptors (Lipinski definition) is 2. The molecule has 0 amide bonds. The second kappa shape index (κ2) is 6.05. The number of carbonyl (C=O) groups is 1. The molecule has 0 aliphatic heterocycles. The maximum absolute atomic E-state index is 11.9. The molecule has 0 bridgehead atoms. The van der Waals surface area contributed by atoms with Crippen molar-refractivity contribution in [1.29, 1.82) is 0 Å². The van der Waals surface area contributed by atoms with Gasteiger partial charge in [-0.1, -0.05) is 34.1 Å². The summed E-state index contributed by atoms with van der Waals surface area (Å²) in [4.78, 5) is 11.9. The highest BCUT2D eigenvalue weighted by atomic mass is 16.5. The van der Waals surface area contributed by atoms with Crippen LogP contribution in [-0.2, 0) is 9.53 Å². The van der Waals surface area contributed by atoms with Crippen molar-refractivity contribution in [3.05, 3.63) is 0 Å². The predicted octanol–water partition coefficient (Wildman–Crippen LogP) is 3.40. The molecule has 0 aliphatic rings. The van der Waals surface area contributed by atoms with E-state index in [-0.39, 0.29) is 11.4 Å². The van der Waals surface area contributed by atoms with Crippen LogP contribution >= 0.6 is 0 Å². The standard InChI is InChI=1S/C12H24O2/c1-6-10(5)12(7-2,8-3)11(13)14-9-4/h10H,6-9H2,1-5H3. The lowest BCUT2D eigenvalue weighted by molar-refractivity contribution is -0.159. The van der Waals surface area contributed by atoms with Gasteiger partial charge >= 0.3 is 5.97 Å². The average molecular weight is 200 g/mol. The Morgan fingerprint density at radius 1 is 1.21 bits per heavy atom. The Labute approximate surface area is 88.0 Å². The van der Waals surface area contributed by atoms with Crippen LogP contribution in [0.15, 0.2) is 0 Å². The van der Waals surface area contributed by atoms with Gasteiger partial charge in [0.05, 0.1) is 12.0 Å². The largest absolute Gasteiger partial charge is 0.466 e. The van der Waals surface area contributed by atoms with E-state index in [4.69, 9.17) is 4.74 Å². The Kier molecular flexibility index (Phi) is 5.82. The Morgan fingerprint density at radius 2 is 1.71 bits per heavy atom. The minimum absolute atomic E-state index is 0.0145. The highest BCUT2D eigenvalue weighted by Crippen LogP contribution is 2.38. The highest BCUT2D eigenvalue weighted by molar-refractivity contribution is 5.77. The van der Waals surface area contributed by atoms with Crippen molar-refractivity contribution in [2.75, 3.05) is 6.61 Å². The number of ether oxygens (including phenoxy) is 1. The van der Waals surface area contributed by atoms with Gasteiger partial charge in [0.25, 0.3) is 0 Å². The van der Waals surface area contributed by atoms with E-state index in [2.05, 4.69) is 27.7 Å². The first-order valence-electron chi connectivity index (χ1n) is 5.76. The fraction of sp³-hybridized carbons (Fsp3) is 0.917. The summed E-state index contributed by atoms with van der Waals surface area (Å²) >= 11 is 0. The van der Waals surface area contributed by atoms with E-state index in [1.165, 1.54) is 0 Å². The molecule has 0 saturated heterocycles. The SMILES string of the molecule is CCOC(=O)C(CC)(CC)C(C)CC. The zero-order valence-electron chi connectivity index (χ0n) is 10.2. The third-order valence-corrected chi connectivity index (χ3v) is 3.50. The van der Waals surface area contributed by atoms with Gasteiger partial charge in [-0.15, -0.1) is 0 Å². The zero-order valence-corrected chi connectivity index (χ0v) is 10.2. The molecule has 0 rings (SSSR count). The van der Waals surface area contributed by atoms with Gasteiger partial charge < -0.3 is 4.74 Å². The van der Waals surface area contributed by atoms with Gasteiger partial charge in [-0.2, -0.15) is 0 Å². The molecule has 1 unspecified atom stereocenters. The van der Waals surface area contributed by atoms with Crippen molar-refractivity contribution in [2.45, 2.75) is 53.9 Å². The molecule has 0 spiro atoms. The van der Waals surface area contributed by atoms with Gasteiger partial charge in [-0.05, 0) is 25.7 Å². The second-order valence-electron chi connectivity index (χ2n) is 3.89. The van der Waals surface area contributed by atoms with Crippen molar-refractivity contribution < 1.29 is 9.53 Å². The van der Waals surface area contributed by atoms with E-state index >= 15 is 0 Å². The topological polar surface area (TPSA) is 26.3 Å². The van der Waals surface area contributed by atoms with E-state index in [0.29, 0.717) is 12.5 Å². The number of rotatable bonds is 6. The van der Waals surface area contributed by atoms with Gasteiger partial charge in [0, 0.05) is 0 Å². The number of hydrogen-bond donors (Lipinski definition) is 0. The molecular formula is C12H24O2. The van der Waals surface area contributed by atoms with Crippen molar-refractivity contribution in [3.8, 4) is 0 Å². The van der Waals surface area contributed by atoms with Crippen molar-refractivity contribution in [3.63, 3.8) is 0 Å². The van der Waals surface area contributed by atoms with E-state index in [0.717, 1.165) is 19.3 Å². The van der Waals surface area contributed by atoms with Crippen LogP contribution in [0.2, 0.25) is 0 Å². The quantitative estimate of drug-likeness (QED) is 0.614. The van der Waals surface area contributed by atoms with Crippen LogP contribution in [0.5, 0.6) is 0 Å². The lowest BCUT2D eigenvalue weighted by Gasteiger charge is -2.34. The molecule has 0 fully saturated rings. The number of carbonyl (C=O) groups excluding carboxylic acids is 1. The maximum Gasteiger partial charge on any atom is 0.312 e. The van der Waals surface area contributed by atoms with E-state index < -0.39 is 0 Å². The molecular weight excluding hydrogens is 176 g/mol. The Balaban J connectivity index is 4.76. The Hall–Kier alpha value is -0.530. The van der Waals surface area contributed by atoms with E-state index in [9.17, 15) is 4.79 Å². The van der Waals surface area contributed by atoms with Crippen molar-refractivity contribution in [1.82, 2.24) is 0 Å². The second-order valence-corrected chi connectivity index (χ2v) is 3.89. The van der Waals surface area contributed by atoms with Gasteiger partial charge in [-0.25, -0.2) is 0 Å². The summed E-state index contributed by atoms with van der Waals surface area (Å²) in [6, 6.07) is 0. The van der Waals surface area contributed by atoms with Crippen molar-refractivity contribution in [2.24, 2.45) is 11.3 Å². The zero-order chi connectivity index (χ0) is 11.2. The summed E-state index contributed by atoms with van der Waals surface area (Å²) in [5, 5.41) is 0. The van der Waals surface area contributed by atoms with Gasteiger partial charge in [0.15, 0.2) is 0 Å². The summed E-state index contributed by atoms with van der Waals surface area (Å²) in [7, 11) is 0. The lowest BCUT2D eigenvalue weighted by Crippen LogP contribution is -2.37. The molecule has 84 valence electrons. The van der Waals surface area contributed by atoms with Gasteiger partial charge in [0.2, 0.25) is 0 Å². The van der Waals surface area contributed by atoms with Gasteiger partial charge in [-0.3, -0.25) is 4.79 Å². The van der Waals surface area contributed by atoms with Crippen LogP contribution in [0.4, 0.5) is 0 Å². The fourth-order valence-electron chi connectivity index (χ4n) is 2.10. The molecule has 1 atom stereocenters. The average Bonchev–Trinajstić information content (AvgIpc) is 2.20. The summed E-state index contributed by atoms with van der Waals surface area (Å²) in [6.45, 7) is 10.8. The molecule has 2 heteroatoms. The molecule has 0 aliphatic carbocycles. The molecule has 0 N–H and O–H groups in total. The Morgan fingerprint density at radius 3 is 2.00 bits per heavy atom. The first-order chi connectivity index (χ1) is 6.58. The molecule has 0 aromatic rings. The van der Waals surface area contributed by atoms with Gasteiger partial charge in [0.1, 0.15) is 0 Å². The molecule has 0 saturated carbocycles. The summed E-state index contributed by atoms with van der Waals surface area (Å²) in [6.07, 6.45) is 2.77. The van der Waals surface area contributed by atoms with Crippen LogP contribution in [0.25, 0.3) is 0 Å². The molecule has 0 radical (unpaired) electrons.